The number of benzene rings is 2. The minimum atomic E-state index is -0.938. The molecule has 221 valence electrons. The molecule has 2 aromatic rings. The fourth-order valence-electron chi connectivity index (χ4n) is 6.29. The van der Waals surface area contributed by atoms with Crippen LogP contribution in [0.25, 0.3) is 11.1 Å². The number of aliphatic hydroxyl groups is 1. The highest BCUT2D eigenvalue weighted by Crippen LogP contribution is 2.54. The normalized spacial score (nSPS) is 14.3. The van der Waals surface area contributed by atoms with E-state index in [-0.39, 0.29) is 5.41 Å². The van der Waals surface area contributed by atoms with E-state index in [9.17, 15) is 5.11 Å². The third-order valence-corrected chi connectivity index (χ3v) is 9.73. The highest BCUT2D eigenvalue weighted by molar-refractivity contribution is 6.47. The maximum Gasteiger partial charge on any atom is 0.330 e. The minimum Gasteiger partial charge on any atom is -0.427 e. The number of fused-ring (bicyclic) bond motifs is 3. The molecule has 3 rings (SSSR count). The molecule has 0 heterocycles. The average Bonchev–Trinajstić information content (AvgIpc) is 3.19. The molecule has 40 heavy (non-hydrogen) atoms. The number of hydrogen-bond acceptors (Lipinski definition) is 2. The minimum absolute atomic E-state index is 0.0704. The van der Waals surface area contributed by atoms with Crippen LogP contribution in [0.1, 0.15) is 155 Å². The molecule has 0 saturated carbocycles. The van der Waals surface area contributed by atoms with Crippen molar-refractivity contribution in [1.82, 2.24) is 0 Å². The Bertz CT molecular complexity index is 1030. The lowest BCUT2D eigenvalue weighted by Gasteiger charge is -2.37. The van der Waals surface area contributed by atoms with Gasteiger partial charge in [0.2, 0.25) is 0 Å². The topological polar surface area (TPSA) is 29.5 Å². The smallest absolute Gasteiger partial charge is 0.330 e. The molecule has 0 fully saturated rings. The number of aryl methyl sites for hydroxylation is 1. The summed E-state index contributed by atoms with van der Waals surface area (Å²) in [5.74, 6) is 0. The van der Waals surface area contributed by atoms with Crippen molar-refractivity contribution in [2.24, 2.45) is 0 Å². The van der Waals surface area contributed by atoms with Crippen molar-refractivity contribution in [1.29, 1.82) is 0 Å². The van der Waals surface area contributed by atoms with Gasteiger partial charge in [-0.25, -0.2) is 0 Å². The number of unbranched alkanes of at least 4 members (excludes halogenated alkanes) is 10. The van der Waals surface area contributed by atoms with Gasteiger partial charge in [0, 0.05) is 5.41 Å². The van der Waals surface area contributed by atoms with Crippen LogP contribution in [-0.4, -0.2) is 23.8 Å². The zero-order valence-corrected chi connectivity index (χ0v) is 27.0. The molecule has 1 N–H and O–H groups in total. The summed E-state index contributed by atoms with van der Waals surface area (Å²) in [4.78, 5) is 0. The molecule has 1 aliphatic carbocycles. The van der Waals surface area contributed by atoms with Crippen LogP contribution in [0, 0.1) is 0 Å². The van der Waals surface area contributed by atoms with Crippen LogP contribution in [0.4, 0.5) is 0 Å². The average molecular weight is 546 g/mol. The third kappa shape index (κ3) is 8.04. The van der Waals surface area contributed by atoms with E-state index in [1.165, 1.54) is 112 Å². The first-order chi connectivity index (χ1) is 19.1. The van der Waals surface area contributed by atoms with Crippen molar-refractivity contribution in [2.75, 3.05) is 0 Å². The highest BCUT2D eigenvalue weighted by Gasteiger charge is 2.43. The molecule has 1 aliphatic rings. The van der Waals surface area contributed by atoms with E-state index in [4.69, 9.17) is 4.65 Å². The number of rotatable bonds is 19. The third-order valence-electron chi connectivity index (χ3n) is 9.73. The molecule has 0 atom stereocenters. The van der Waals surface area contributed by atoms with Gasteiger partial charge in [0.25, 0.3) is 0 Å². The first-order valence-electron chi connectivity index (χ1n) is 16.6. The Hall–Kier alpha value is -1.58. The van der Waals surface area contributed by atoms with E-state index in [0.717, 1.165) is 11.9 Å². The van der Waals surface area contributed by atoms with Crippen molar-refractivity contribution < 1.29 is 9.76 Å². The summed E-state index contributed by atoms with van der Waals surface area (Å²) in [7, 11) is 1.87. The summed E-state index contributed by atoms with van der Waals surface area (Å²) in [5, 5.41) is 10.6. The quantitative estimate of drug-likeness (QED) is 0.141. The summed E-state index contributed by atoms with van der Waals surface area (Å²) >= 11 is 0. The van der Waals surface area contributed by atoms with Crippen LogP contribution in [0.3, 0.4) is 0 Å². The van der Waals surface area contributed by atoms with Gasteiger partial charge in [0.1, 0.15) is 0 Å². The van der Waals surface area contributed by atoms with Crippen molar-refractivity contribution >= 4 is 12.9 Å². The fourth-order valence-corrected chi connectivity index (χ4v) is 6.29. The first kappa shape index (κ1) is 32.9. The predicted molar refractivity (Wildman–Crippen MR) is 175 cm³/mol. The first-order valence-corrected chi connectivity index (χ1v) is 16.6. The summed E-state index contributed by atoms with van der Waals surface area (Å²) in [6.07, 6.45) is 19.5. The fraction of sp³-hybridized carbons (Fsp3) is 0.676. The molecular formula is C37H58BO2. The second kappa shape index (κ2) is 15.1. The standard InChI is InChI=1S/C37H58BO2/c1-8-11-13-15-17-19-25-37(26-20-18-16-14-12-9-2)33-27-29(10-3)21-23-31(33)32-24-22-30(28-34(32)37)38-40-36(6,7)35(4,5)39/h21-24,27-28,39H,8-20,25-26H2,1-7H3. The van der Waals surface area contributed by atoms with Gasteiger partial charge in [-0.05, 0) is 74.8 Å². The summed E-state index contributed by atoms with van der Waals surface area (Å²) in [6, 6.07) is 14.2. The molecule has 0 unspecified atom stereocenters. The maximum atomic E-state index is 10.6. The molecule has 1 radical (unpaired) electrons. The van der Waals surface area contributed by atoms with Gasteiger partial charge in [-0.15, -0.1) is 0 Å². The van der Waals surface area contributed by atoms with E-state index in [1.807, 2.05) is 35.2 Å². The van der Waals surface area contributed by atoms with E-state index in [0.29, 0.717) is 0 Å². The molecule has 0 aliphatic heterocycles. The van der Waals surface area contributed by atoms with Gasteiger partial charge in [-0.1, -0.05) is 140 Å². The SMILES string of the molecule is CCCCCCCCC1(CCCCCCCC)c2cc([B]OC(C)(C)C(C)(C)O)ccc2-c2ccc(CC)cc21. The maximum absolute atomic E-state index is 10.6. The van der Waals surface area contributed by atoms with Gasteiger partial charge in [-0.2, -0.15) is 0 Å². The Labute approximate surface area is 248 Å². The van der Waals surface area contributed by atoms with Crippen molar-refractivity contribution in [3.63, 3.8) is 0 Å². The molecule has 0 saturated heterocycles. The highest BCUT2D eigenvalue weighted by atomic mass is 16.5. The molecule has 0 aromatic heterocycles. The van der Waals surface area contributed by atoms with Crippen LogP contribution in [0.2, 0.25) is 0 Å². The lowest BCUT2D eigenvalue weighted by molar-refractivity contribution is -0.0893. The number of hydrogen-bond donors (Lipinski definition) is 1. The van der Waals surface area contributed by atoms with E-state index in [1.54, 1.807) is 5.56 Å². The molecule has 2 nitrogen and oxygen atoms in total. The second-order valence-corrected chi connectivity index (χ2v) is 13.5. The Kier molecular flexibility index (Phi) is 12.4. The van der Waals surface area contributed by atoms with Gasteiger partial charge in [-0.3, -0.25) is 0 Å². The monoisotopic (exact) mass is 545 g/mol. The van der Waals surface area contributed by atoms with Gasteiger partial charge < -0.3 is 9.76 Å². The zero-order valence-electron chi connectivity index (χ0n) is 27.0. The lowest BCUT2D eigenvalue weighted by Crippen LogP contribution is -2.49. The van der Waals surface area contributed by atoms with E-state index < -0.39 is 11.2 Å². The summed E-state index contributed by atoms with van der Waals surface area (Å²) in [6.45, 7) is 14.4. The predicted octanol–water partition coefficient (Wildman–Crippen LogP) is 9.83. The van der Waals surface area contributed by atoms with E-state index in [2.05, 4.69) is 57.2 Å². The molecular weight excluding hydrogens is 487 g/mol. The molecule has 0 spiro atoms. The Morgan fingerprint density at radius 1 is 0.675 bits per heavy atom. The van der Waals surface area contributed by atoms with Gasteiger partial charge in [0.15, 0.2) is 0 Å². The van der Waals surface area contributed by atoms with Crippen molar-refractivity contribution in [2.45, 2.75) is 161 Å². The van der Waals surface area contributed by atoms with Crippen LogP contribution >= 0.6 is 0 Å². The zero-order chi connectivity index (χ0) is 29.2. The molecule has 0 amide bonds. The van der Waals surface area contributed by atoms with Crippen LogP contribution < -0.4 is 5.46 Å². The van der Waals surface area contributed by atoms with Gasteiger partial charge in [0.05, 0.1) is 11.2 Å². The molecule has 0 bridgehead atoms. The van der Waals surface area contributed by atoms with Crippen molar-refractivity contribution in [3.8, 4) is 11.1 Å². The van der Waals surface area contributed by atoms with Crippen LogP contribution in [0.15, 0.2) is 36.4 Å². The summed E-state index contributed by atoms with van der Waals surface area (Å²) < 4.78 is 6.22. The summed E-state index contributed by atoms with van der Waals surface area (Å²) in [5.41, 5.74) is 6.91. The Balaban J connectivity index is 1.96. The molecule has 3 heteroatoms. The van der Waals surface area contributed by atoms with Crippen LogP contribution in [-0.2, 0) is 16.5 Å². The van der Waals surface area contributed by atoms with E-state index >= 15 is 0 Å². The van der Waals surface area contributed by atoms with Crippen molar-refractivity contribution in [3.05, 3.63) is 53.1 Å². The Morgan fingerprint density at radius 3 is 1.70 bits per heavy atom. The lowest BCUT2D eigenvalue weighted by atomic mass is 9.69. The largest absolute Gasteiger partial charge is 0.427 e. The molecule has 2 aromatic carbocycles. The van der Waals surface area contributed by atoms with Crippen LogP contribution in [0.5, 0.6) is 0 Å². The Morgan fingerprint density at radius 2 is 1.18 bits per heavy atom. The second-order valence-electron chi connectivity index (χ2n) is 13.5. The van der Waals surface area contributed by atoms with Gasteiger partial charge >= 0.3 is 7.48 Å².